The number of nitrogens with one attached hydrogen (secondary N) is 1. The first-order valence-electron chi connectivity index (χ1n) is 9.14. The quantitative estimate of drug-likeness (QED) is 0.546. The van der Waals surface area contributed by atoms with Gasteiger partial charge in [-0.1, -0.05) is 35.9 Å². The third-order valence-electron chi connectivity index (χ3n) is 4.95. The van der Waals surface area contributed by atoms with Crippen molar-refractivity contribution in [1.82, 2.24) is 19.7 Å². The number of halogens is 1. The molecule has 6 heteroatoms. The van der Waals surface area contributed by atoms with Gasteiger partial charge in [-0.25, -0.2) is 4.68 Å². The van der Waals surface area contributed by atoms with Crippen LogP contribution in [0.4, 0.5) is 0 Å². The molecule has 0 saturated heterocycles. The highest BCUT2D eigenvalue weighted by Gasteiger charge is 2.14. The lowest BCUT2D eigenvalue weighted by Crippen LogP contribution is -2.27. The Hall–Kier alpha value is -3.05. The predicted molar refractivity (Wildman–Crippen MR) is 112 cm³/mol. The highest BCUT2D eigenvalue weighted by Crippen LogP contribution is 2.21. The topological polar surface area (TPSA) is 51.9 Å². The summed E-state index contributed by atoms with van der Waals surface area (Å²) in [5.41, 5.74) is 4.95. The van der Waals surface area contributed by atoms with E-state index in [1.165, 1.54) is 0 Å². The van der Waals surface area contributed by atoms with E-state index in [1.54, 1.807) is 0 Å². The minimum absolute atomic E-state index is 0.0521. The Bertz CT molecular complexity index is 1140. The number of benzene rings is 2. The van der Waals surface area contributed by atoms with Gasteiger partial charge in [-0.3, -0.25) is 4.79 Å². The van der Waals surface area contributed by atoms with Gasteiger partial charge in [-0.15, -0.1) is 0 Å². The lowest BCUT2D eigenvalue weighted by molar-refractivity contribution is -0.121. The number of nitrogens with zero attached hydrogens (tertiary/aromatic N) is 3. The number of rotatable bonds is 5. The van der Waals surface area contributed by atoms with Gasteiger partial charge in [-0.2, -0.15) is 5.10 Å². The number of fused-ring (bicyclic) bond motifs is 1. The lowest BCUT2D eigenvalue weighted by Gasteiger charge is -2.09. The molecule has 142 valence electrons. The molecule has 0 atom stereocenters. The molecular formula is C22H21ClN4O. The van der Waals surface area contributed by atoms with Crippen LogP contribution in [-0.2, 0) is 17.9 Å². The molecule has 0 aliphatic carbocycles. The summed E-state index contributed by atoms with van der Waals surface area (Å²) < 4.78 is 3.82. The van der Waals surface area contributed by atoms with E-state index in [2.05, 4.69) is 10.4 Å². The fourth-order valence-electron chi connectivity index (χ4n) is 3.44. The molecule has 0 saturated carbocycles. The Labute approximate surface area is 168 Å². The van der Waals surface area contributed by atoms with Crippen LogP contribution >= 0.6 is 11.6 Å². The smallest absolute Gasteiger partial charge is 0.240 e. The third-order valence-corrected chi connectivity index (χ3v) is 5.19. The Kier molecular flexibility index (Phi) is 4.92. The van der Waals surface area contributed by atoms with Gasteiger partial charge in [-0.05, 0) is 49.6 Å². The first kappa shape index (κ1) is 18.3. The van der Waals surface area contributed by atoms with Crippen LogP contribution in [0.5, 0.6) is 0 Å². The Morgan fingerprint density at radius 3 is 2.68 bits per heavy atom. The second-order valence-corrected chi connectivity index (χ2v) is 7.26. The second-order valence-electron chi connectivity index (χ2n) is 6.82. The van der Waals surface area contributed by atoms with E-state index in [4.69, 9.17) is 11.6 Å². The number of amides is 1. The fourth-order valence-corrected chi connectivity index (χ4v) is 3.61. The minimum Gasteiger partial charge on any atom is -0.350 e. The number of carbonyl (C=O) groups is 1. The van der Waals surface area contributed by atoms with Crippen molar-refractivity contribution < 1.29 is 4.79 Å². The minimum atomic E-state index is -0.0521. The zero-order valence-electron chi connectivity index (χ0n) is 15.8. The van der Waals surface area contributed by atoms with Crippen molar-refractivity contribution in [1.29, 1.82) is 0 Å². The van der Waals surface area contributed by atoms with Crippen LogP contribution in [0.25, 0.3) is 16.6 Å². The summed E-state index contributed by atoms with van der Waals surface area (Å²) >= 11 is 6.09. The van der Waals surface area contributed by atoms with Crippen molar-refractivity contribution in [2.45, 2.75) is 26.9 Å². The summed E-state index contributed by atoms with van der Waals surface area (Å²) in [6.45, 7) is 4.68. The summed E-state index contributed by atoms with van der Waals surface area (Å²) in [5, 5.41) is 9.37. The number of aryl methyl sites for hydroxylation is 1. The van der Waals surface area contributed by atoms with Crippen molar-refractivity contribution >= 4 is 28.4 Å². The maximum atomic E-state index is 12.5. The molecule has 0 bridgehead atoms. The third kappa shape index (κ3) is 3.53. The molecule has 0 aliphatic heterocycles. The van der Waals surface area contributed by atoms with Crippen molar-refractivity contribution in [2.24, 2.45) is 0 Å². The molecule has 1 N–H and O–H groups in total. The van der Waals surface area contributed by atoms with Gasteiger partial charge < -0.3 is 9.88 Å². The van der Waals surface area contributed by atoms with Crippen molar-refractivity contribution in [3.63, 3.8) is 0 Å². The van der Waals surface area contributed by atoms with Crippen molar-refractivity contribution in [2.75, 3.05) is 0 Å². The maximum Gasteiger partial charge on any atom is 0.240 e. The summed E-state index contributed by atoms with van der Waals surface area (Å²) in [6, 6.07) is 17.7. The molecule has 0 spiro atoms. The zero-order chi connectivity index (χ0) is 19.7. The average molecular weight is 393 g/mol. The molecular weight excluding hydrogens is 372 g/mol. The van der Waals surface area contributed by atoms with E-state index in [-0.39, 0.29) is 12.5 Å². The number of carbonyl (C=O) groups excluding carboxylic acids is 1. The Morgan fingerprint density at radius 2 is 1.89 bits per heavy atom. The van der Waals surface area contributed by atoms with Crippen LogP contribution in [0.1, 0.15) is 17.0 Å². The molecule has 28 heavy (non-hydrogen) atoms. The fraction of sp³-hybridized carbons (Fsp3) is 0.182. The number of hydrogen-bond donors (Lipinski definition) is 1. The summed E-state index contributed by atoms with van der Waals surface area (Å²) in [7, 11) is 0. The lowest BCUT2D eigenvalue weighted by atomic mass is 10.2. The van der Waals surface area contributed by atoms with Gasteiger partial charge in [0.05, 0.1) is 11.4 Å². The van der Waals surface area contributed by atoms with Crippen LogP contribution in [0.15, 0.2) is 60.8 Å². The molecule has 5 nitrogen and oxygen atoms in total. The van der Waals surface area contributed by atoms with Crippen LogP contribution in [-0.4, -0.2) is 20.3 Å². The molecule has 0 aliphatic rings. The molecule has 4 aromatic rings. The molecule has 1 amide bonds. The number of para-hydroxylation sites is 1. The van der Waals surface area contributed by atoms with E-state index in [0.29, 0.717) is 11.6 Å². The van der Waals surface area contributed by atoms with Crippen molar-refractivity contribution in [3.05, 3.63) is 82.8 Å². The van der Waals surface area contributed by atoms with Gasteiger partial charge in [0.15, 0.2) is 0 Å². The zero-order valence-corrected chi connectivity index (χ0v) is 16.6. The SMILES string of the molecule is Cc1nn(-c2ccccc2)c(C)c1CNC(=O)Cn1ccc2ccc(Cl)cc21. The molecule has 2 aromatic carbocycles. The highest BCUT2D eigenvalue weighted by atomic mass is 35.5. The molecule has 0 unspecified atom stereocenters. The van der Waals surface area contributed by atoms with Crippen LogP contribution in [0.2, 0.25) is 5.02 Å². The van der Waals surface area contributed by atoms with Crippen LogP contribution in [0, 0.1) is 13.8 Å². The first-order chi connectivity index (χ1) is 13.5. The van der Waals surface area contributed by atoms with E-state index >= 15 is 0 Å². The summed E-state index contributed by atoms with van der Waals surface area (Å²) in [6.07, 6.45) is 1.91. The average Bonchev–Trinajstić information content (AvgIpc) is 3.21. The van der Waals surface area contributed by atoms with E-state index in [1.807, 2.05) is 83.9 Å². The van der Waals surface area contributed by atoms with Crippen molar-refractivity contribution in [3.8, 4) is 5.69 Å². The second kappa shape index (κ2) is 7.52. The van der Waals surface area contributed by atoms with E-state index < -0.39 is 0 Å². The van der Waals surface area contributed by atoms with Crippen LogP contribution < -0.4 is 5.32 Å². The molecule has 0 radical (unpaired) electrons. The van der Waals surface area contributed by atoms with E-state index in [9.17, 15) is 4.79 Å². The Balaban J connectivity index is 1.48. The molecule has 2 heterocycles. The van der Waals surface area contributed by atoms with Gasteiger partial charge in [0.2, 0.25) is 5.91 Å². The molecule has 0 fully saturated rings. The monoisotopic (exact) mass is 392 g/mol. The predicted octanol–water partition coefficient (Wildman–Crippen LogP) is 4.41. The van der Waals surface area contributed by atoms with E-state index in [0.717, 1.165) is 33.5 Å². The number of aromatic nitrogens is 3. The van der Waals surface area contributed by atoms with Crippen LogP contribution in [0.3, 0.4) is 0 Å². The molecule has 2 aromatic heterocycles. The Morgan fingerprint density at radius 1 is 1.11 bits per heavy atom. The van der Waals surface area contributed by atoms with Gasteiger partial charge >= 0.3 is 0 Å². The number of hydrogen-bond acceptors (Lipinski definition) is 2. The summed E-state index contributed by atoms with van der Waals surface area (Å²) in [4.78, 5) is 12.5. The maximum absolute atomic E-state index is 12.5. The standard InChI is InChI=1S/C22H21ClN4O/c1-15-20(16(2)27(25-15)19-6-4-3-5-7-19)13-24-22(28)14-26-11-10-17-8-9-18(23)12-21(17)26/h3-12H,13-14H2,1-2H3,(H,24,28). The molecule has 4 rings (SSSR count). The van der Waals surface area contributed by atoms with Gasteiger partial charge in [0.25, 0.3) is 0 Å². The largest absolute Gasteiger partial charge is 0.350 e. The first-order valence-corrected chi connectivity index (χ1v) is 9.52. The van der Waals surface area contributed by atoms with Gasteiger partial charge in [0, 0.05) is 34.5 Å². The summed E-state index contributed by atoms with van der Waals surface area (Å²) in [5.74, 6) is -0.0521. The highest BCUT2D eigenvalue weighted by molar-refractivity contribution is 6.31. The normalized spacial score (nSPS) is 11.1. The van der Waals surface area contributed by atoms with Gasteiger partial charge in [0.1, 0.15) is 6.54 Å².